The van der Waals surface area contributed by atoms with Gasteiger partial charge in [0, 0.05) is 38.7 Å². The second kappa shape index (κ2) is 9.33. The van der Waals surface area contributed by atoms with Crippen LogP contribution in [0, 0.1) is 5.82 Å². The van der Waals surface area contributed by atoms with Crippen molar-refractivity contribution in [2.75, 3.05) is 38.3 Å². The van der Waals surface area contributed by atoms with Crippen molar-refractivity contribution in [3.05, 3.63) is 18.2 Å². The predicted octanol–water partition coefficient (Wildman–Crippen LogP) is 1.86. The molecule has 2 fully saturated rings. The number of amides is 1. The summed E-state index contributed by atoms with van der Waals surface area (Å²) >= 11 is 0. The summed E-state index contributed by atoms with van der Waals surface area (Å²) in [6.45, 7) is 2.78. The molecule has 0 radical (unpaired) electrons. The van der Waals surface area contributed by atoms with Crippen molar-refractivity contribution in [1.29, 1.82) is 0 Å². The maximum Gasteiger partial charge on any atom is 0.490 e. The van der Waals surface area contributed by atoms with Crippen LogP contribution in [0.3, 0.4) is 0 Å². The van der Waals surface area contributed by atoms with Gasteiger partial charge in [-0.15, -0.1) is 0 Å². The number of piperidine rings is 1. The van der Waals surface area contributed by atoms with Crippen molar-refractivity contribution in [3.63, 3.8) is 0 Å². The van der Waals surface area contributed by atoms with Gasteiger partial charge in [-0.25, -0.2) is 19.2 Å². The highest BCUT2D eigenvalue weighted by atomic mass is 19.4. The molecule has 0 bridgehead atoms. The number of carbonyl (C=O) groups is 2. The Morgan fingerprint density at radius 1 is 1.24 bits per heavy atom. The molecule has 0 aromatic carbocycles. The van der Waals surface area contributed by atoms with Crippen LogP contribution in [0.5, 0.6) is 0 Å². The van der Waals surface area contributed by atoms with Gasteiger partial charge in [-0.05, 0) is 19.3 Å². The molecule has 1 N–H and O–H groups in total. The van der Waals surface area contributed by atoms with Gasteiger partial charge in [-0.2, -0.15) is 13.2 Å². The van der Waals surface area contributed by atoms with Crippen LogP contribution in [-0.4, -0.2) is 76.9 Å². The molecule has 1 spiro atoms. The Balaban J connectivity index is 0.000000370. The number of likely N-dealkylation sites (tertiary alicyclic amines) is 1. The molecular formula is C17H22F4N4O4. The first kappa shape index (κ1) is 22.8. The lowest BCUT2D eigenvalue weighted by atomic mass is 9.85. The van der Waals surface area contributed by atoms with E-state index in [-0.39, 0.29) is 11.4 Å². The number of alkyl halides is 3. The first-order valence-electron chi connectivity index (χ1n) is 8.91. The maximum atomic E-state index is 12.9. The van der Waals surface area contributed by atoms with Crippen molar-refractivity contribution < 1.29 is 37.0 Å². The molecule has 1 aromatic rings. The molecule has 2 saturated heterocycles. The van der Waals surface area contributed by atoms with Gasteiger partial charge >= 0.3 is 12.1 Å². The smallest absolute Gasteiger partial charge is 0.475 e. The molecule has 1 amide bonds. The SMILES string of the molecule is COCCN1C(=O)CCC12CCN(c1ncc(F)cn1)CC2.O=C(O)C(F)(F)F. The van der Waals surface area contributed by atoms with Crippen molar-refractivity contribution >= 4 is 17.8 Å². The Kier molecular flexibility index (Phi) is 7.33. The van der Waals surface area contributed by atoms with Crippen LogP contribution in [0.4, 0.5) is 23.5 Å². The highest BCUT2D eigenvalue weighted by molar-refractivity contribution is 5.79. The van der Waals surface area contributed by atoms with E-state index in [1.165, 1.54) is 12.4 Å². The summed E-state index contributed by atoms with van der Waals surface area (Å²) in [6, 6.07) is 0. The molecule has 29 heavy (non-hydrogen) atoms. The van der Waals surface area contributed by atoms with Crippen LogP contribution in [-0.2, 0) is 14.3 Å². The van der Waals surface area contributed by atoms with E-state index < -0.39 is 18.0 Å². The molecule has 1 aromatic heterocycles. The molecule has 162 valence electrons. The topological polar surface area (TPSA) is 95.9 Å². The van der Waals surface area contributed by atoms with Gasteiger partial charge < -0.3 is 19.6 Å². The quantitative estimate of drug-likeness (QED) is 0.740. The van der Waals surface area contributed by atoms with Gasteiger partial charge in [-0.1, -0.05) is 0 Å². The van der Waals surface area contributed by atoms with E-state index in [9.17, 15) is 22.4 Å². The van der Waals surface area contributed by atoms with Gasteiger partial charge in [0.1, 0.15) is 0 Å². The fraction of sp³-hybridized carbons (Fsp3) is 0.647. The average molecular weight is 422 g/mol. The van der Waals surface area contributed by atoms with Crippen molar-refractivity contribution in [3.8, 4) is 0 Å². The number of methoxy groups -OCH3 is 1. The molecule has 0 unspecified atom stereocenters. The standard InChI is InChI=1S/C15H21FN4O2.C2HF3O2/c1-22-9-8-20-13(21)2-3-15(20)4-6-19(7-5-15)14-17-10-12(16)11-18-14;3-2(4,5)1(6)7/h10-11H,2-9H2,1H3;(H,6,7). The number of rotatable bonds is 4. The third-order valence-corrected chi connectivity index (χ3v) is 5.02. The molecule has 12 heteroatoms. The van der Waals surface area contributed by atoms with E-state index in [1.807, 2.05) is 4.90 Å². The molecule has 0 saturated carbocycles. The van der Waals surface area contributed by atoms with E-state index in [0.717, 1.165) is 32.4 Å². The zero-order valence-electron chi connectivity index (χ0n) is 15.8. The van der Waals surface area contributed by atoms with Crippen molar-refractivity contribution in [2.24, 2.45) is 0 Å². The zero-order valence-corrected chi connectivity index (χ0v) is 15.8. The van der Waals surface area contributed by atoms with Crippen molar-refractivity contribution in [2.45, 2.75) is 37.4 Å². The molecular weight excluding hydrogens is 400 g/mol. The third kappa shape index (κ3) is 5.75. The maximum absolute atomic E-state index is 12.9. The monoisotopic (exact) mass is 422 g/mol. The molecule has 3 rings (SSSR count). The number of nitrogens with zero attached hydrogens (tertiary/aromatic N) is 4. The predicted molar refractivity (Wildman–Crippen MR) is 92.7 cm³/mol. The highest BCUT2D eigenvalue weighted by Crippen LogP contribution is 2.39. The van der Waals surface area contributed by atoms with Crippen LogP contribution in [0.1, 0.15) is 25.7 Å². The number of carboxylic acid groups (broad SMARTS) is 1. The number of anilines is 1. The second-order valence-corrected chi connectivity index (χ2v) is 6.75. The number of carbonyl (C=O) groups excluding carboxylic acids is 1. The Morgan fingerprint density at radius 2 is 1.79 bits per heavy atom. The summed E-state index contributed by atoms with van der Waals surface area (Å²) in [6.07, 6.45) is 0.615. The van der Waals surface area contributed by atoms with Crippen LogP contribution in [0.2, 0.25) is 0 Å². The Labute approximate surface area is 164 Å². The lowest BCUT2D eigenvalue weighted by Crippen LogP contribution is -2.54. The number of ether oxygens (including phenoxy) is 1. The fourth-order valence-corrected chi connectivity index (χ4v) is 3.53. The average Bonchev–Trinajstić information content (AvgIpc) is 2.96. The number of hydrogen-bond acceptors (Lipinski definition) is 6. The van der Waals surface area contributed by atoms with Crippen molar-refractivity contribution in [1.82, 2.24) is 14.9 Å². The minimum atomic E-state index is -5.08. The van der Waals surface area contributed by atoms with E-state index in [1.54, 1.807) is 7.11 Å². The van der Waals surface area contributed by atoms with Gasteiger partial charge in [0.25, 0.3) is 0 Å². The lowest BCUT2D eigenvalue weighted by molar-refractivity contribution is -0.192. The zero-order chi connectivity index (χ0) is 21.7. The van der Waals surface area contributed by atoms with Crippen LogP contribution in [0.15, 0.2) is 12.4 Å². The number of aromatic nitrogens is 2. The summed E-state index contributed by atoms with van der Waals surface area (Å²) in [4.78, 5) is 33.2. The summed E-state index contributed by atoms with van der Waals surface area (Å²) in [5.41, 5.74) is -0.0495. The number of carboxylic acids is 1. The second-order valence-electron chi connectivity index (χ2n) is 6.75. The summed E-state index contributed by atoms with van der Waals surface area (Å²) in [5, 5.41) is 7.12. The Bertz CT molecular complexity index is 706. The Morgan fingerprint density at radius 3 is 2.28 bits per heavy atom. The molecule has 8 nitrogen and oxygen atoms in total. The van der Waals surface area contributed by atoms with E-state index in [4.69, 9.17) is 14.6 Å². The molecule has 0 aliphatic carbocycles. The number of halogens is 4. The first-order valence-corrected chi connectivity index (χ1v) is 8.91. The van der Waals surface area contributed by atoms with Crippen LogP contribution < -0.4 is 4.90 Å². The molecule has 2 aliphatic heterocycles. The number of aliphatic carboxylic acids is 1. The molecule has 0 atom stereocenters. The van der Waals surface area contributed by atoms with Gasteiger partial charge in [0.15, 0.2) is 5.82 Å². The lowest BCUT2D eigenvalue weighted by Gasteiger charge is -2.45. The van der Waals surface area contributed by atoms with Crippen LogP contribution >= 0.6 is 0 Å². The summed E-state index contributed by atoms with van der Waals surface area (Å²) in [7, 11) is 1.65. The minimum absolute atomic E-state index is 0.0495. The highest BCUT2D eigenvalue weighted by Gasteiger charge is 2.46. The number of hydrogen-bond donors (Lipinski definition) is 1. The van der Waals surface area contributed by atoms with Gasteiger partial charge in [0.2, 0.25) is 11.9 Å². The first-order chi connectivity index (χ1) is 13.6. The van der Waals surface area contributed by atoms with E-state index >= 15 is 0 Å². The minimum Gasteiger partial charge on any atom is -0.475 e. The summed E-state index contributed by atoms with van der Waals surface area (Å²) < 4.78 is 49.8. The normalized spacial score (nSPS) is 18.6. The van der Waals surface area contributed by atoms with Gasteiger partial charge in [-0.3, -0.25) is 4.79 Å². The Hall–Kier alpha value is -2.50. The summed E-state index contributed by atoms with van der Waals surface area (Å²) in [5.74, 6) is -2.40. The van der Waals surface area contributed by atoms with E-state index in [0.29, 0.717) is 25.5 Å². The third-order valence-electron chi connectivity index (χ3n) is 5.02. The van der Waals surface area contributed by atoms with Crippen LogP contribution in [0.25, 0.3) is 0 Å². The molecule has 2 aliphatic rings. The largest absolute Gasteiger partial charge is 0.490 e. The molecule has 3 heterocycles. The fourth-order valence-electron chi connectivity index (χ4n) is 3.53. The van der Waals surface area contributed by atoms with Gasteiger partial charge in [0.05, 0.1) is 19.0 Å². The van der Waals surface area contributed by atoms with E-state index in [2.05, 4.69) is 14.9 Å².